The Morgan fingerprint density at radius 3 is 2.61 bits per heavy atom. The van der Waals surface area contributed by atoms with Crippen LogP contribution in [0.2, 0.25) is 0 Å². The lowest BCUT2D eigenvalue weighted by atomic mass is 9.84. The van der Waals surface area contributed by atoms with Crippen molar-refractivity contribution in [2.24, 2.45) is 0 Å². The Bertz CT molecular complexity index is 655. The summed E-state index contributed by atoms with van der Waals surface area (Å²) in [5.74, 6) is 1.18. The quantitative estimate of drug-likeness (QED) is 0.796. The van der Waals surface area contributed by atoms with E-state index in [9.17, 15) is 9.59 Å². The van der Waals surface area contributed by atoms with E-state index < -0.39 is 11.2 Å². The van der Waals surface area contributed by atoms with Crippen molar-refractivity contribution in [1.29, 1.82) is 0 Å². The van der Waals surface area contributed by atoms with Crippen LogP contribution in [0.25, 0.3) is 0 Å². The molecule has 1 amide bonds. The molecule has 3 rings (SSSR count). The number of Topliss-reactive ketones (excluding diaryl/α,β-unsaturated/α-hetero) is 1. The summed E-state index contributed by atoms with van der Waals surface area (Å²) in [5, 5.41) is 0. The molecule has 0 unspecified atom stereocenters. The first-order valence-electron chi connectivity index (χ1n) is 7.60. The van der Waals surface area contributed by atoms with Crippen molar-refractivity contribution in [2.75, 3.05) is 20.2 Å². The Hall–Kier alpha value is -2.24. The first-order valence-corrected chi connectivity index (χ1v) is 7.60. The Kier molecular flexibility index (Phi) is 3.50. The molecule has 0 atom stereocenters. The molecule has 1 aromatic rings. The molecule has 23 heavy (non-hydrogen) atoms. The van der Waals surface area contributed by atoms with Gasteiger partial charge >= 0.3 is 6.09 Å². The van der Waals surface area contributed by atoms with Crippen molar-refractivity contribution in [1.82, 2.24) is 4.90 Å². The normalized spacial score (nSPS) is 18.8. The molecule has 1 saturated heterocycles. The number of nitrogens with zero attached hydrogens (tertiary/aromatic N) is 1. The van der Waals surface area contributed by atoms with Gasteiger partial charge in [-0.1, -0.05) is 0 Å². The Balaban J connectivity index is 1.70. The van der Waals surface area contributed by atoms with Gasteiger partial charge in [-0.3, -0.25) is 9.69 Å². The van der Waals surface area contributed by atoms with Gasteiger partial charge in [0.15, 0.2) is 11.4 Å². The molecule has 1 aromatic carbocycles. The third-order valence-electron chi connectivity index (χ3n) is 3.91. The van der Waals surface area contributed by atoms with Gasteiger partial charge in [-0.2, -0.15) is 0 Å². The lowest BCUT2D eigenvalue weighted by Gasteiger charge is -2.50. The van der Waals surface area contributed by atoms with Gasteiger partial charge in [-0.05, 0) is 39.0 Å². The van der Waals surface area contributed by atoms with Crippen LogP contribution >= 0.6 is 0 Å². The van der Waals surface area contributed by atoms with Crippen molar-refractivity contribution < 1.29 is 23.8 Å². The van der Waals surface area contributed by atoms with E-state index in [-0.39, 0.29) is 18.3 Å². The summed E-state index contributed by atoms with van der Waals surface area (Å²) < 4.78 is 16.5. The van der Waals surface area contributed by atoms with Crippen LogP contribution in [0.1, 0.15) is 37.6 Å². The second-order valence-electron chi connectivity index (χ2n) is 7.08. The average molecular weight is 319 g/mol. The molecule has 6 nitrogen and oxygen atoms in total. The number of hydrogen-bond acceptors (Lipinski definition) is 5. The maximum absolute atomic E-state index is 12.4. The van der Waals surface area contributed by atoms with Crippen LogP contribution in [0, 0.1) is 0 Å². The van der Waals surface area contributed by atoms with E-state index in [2.05, 4.69) is 0 Å². The molecule has 1 fully saturated rings. The number of methoxy groups -OCH3 is 1. The van der Waals surface area contributed by atoms with Gasteiger partial charge in [0, 0.05) is 0 Å². The summed E-state index contributed by atoms with van der Waals surface area (Å²) in [5.41, 5.74) is -0.632. The molecule has 0 aliphatic carbocycles. The van der Waals surface area contributed by atoms with Crippen LogP contribution in [-0.2, 0) is 4.74 Å². The van der Waals surface area contributed by atoms with Crippen LogP contribution in [-0.4, -0.2) is 48.2 Å². The van der Waals surface area contributed by atoms with Crippen LogP contribution in [0.3, 0.4) is 0 Å². The standard InChI is InChI=1S/C17H21NO5/c1-16(2,3)23-15(20)18-9-17(10-18)8-13(19)12-7-11(21-4)5-6-14(12)22-17/h5-7H,8-10H2,1-4H3. The van der Waals surface area contributed by atoms with Crippen LogP contribution < -0.4 is 9.47 Å². The number of rotatable bonds is 1. The van der Waals surface area contributed by atoms with E-state index in [1.807, 2.05) is 20.8 Å². The predicted molar refractivity (Wildman–Crippen MR) is 83.1 cm³/mol. The molecular formula is C17H21NO5. The Labute approximate surface area is 135 Å². The third kappa shape index (κ3) is 2.98. The van der Waals surface area contributed by atoms with E-state index in [0.29, 0.717) is 30.2 Å². The SMILES string of the molecule is COc1ccc2c(c1)C(=O)CC1(CN(C(=O)OC(C)(C)C)C1)O2. The number of likely N-dealkylation sites (tertiary alicyclic amines) is 1. The fourth-order valence-electron chi connectivity index (χ4n) is 2.88. The second-order valence-corrected chi connectivity index (χ2v) is 7.08. The summed E-state index contributed by atoms with van der Waals surface area (Å²) in [7, 11) is 1.56. The maximum atomic E-state index is 12.4. The minimum atomic E-state index is -0.629. The molecular weight excluding hydrogens is 298 g/mol. The van der Waals surface area contributed by atoms with E-state index in [1.54, 1.807) is 30.2 Å². The molecule has 0 bridgehead atoms. The Morgan fingerprint density at radius 2 is 2.00 bits per heavy atom. The van der Waals surface area contributed by atoms with E-state index in [4.69, 9.17) is 14.2 Å². The number of benzene rings is 1. The first kappa shape index (κ1) is 15.6. The predicted octanol–water partition coefficient (Wildman–Crippen LogP) is 2.65. The van der Waals surface area contributed by atoms with E-state index >= 15 is 0 Å². The maximum Gasteiger partial charge on any atom is 0.410 e. The summed E-state index contributed by atoms with van der Waals surface area (Å²) in [6.07, 6.45) is -0.119. The first-order chi connectivity index (χ1) is 10.7. The van der Waals surface area contributed by atoms with Crippen molar-refractivity contribution >= 4 is 11.9 Å². The van der Waals surface area contributed by atoms with Gasteiger partial charge in [0.1, 0.15) is 17.1 Å². The minimum Gasteiger partial charge on any atom is -0.497 e. The van der Waals surface area contributed by atoms with E-state index in [0.717, 1.165) is 0 Å². The summed E-state index contributed by atoms with van der Waals surface area (Å²) in [6, 6.07) is 5.19. The molecule has 0 N–H and O–H groups in total. The molecule has 6 heteroatoms. The summed E-state index contributed by atoms with van der Waals surface area (Å²) >= 11 is 0. The van der Waals surface area contributed by atoms with Crippen molar-refractivity contribution in [3.8, 4) is 11.5 Å². The van der Waals surface area contributed by atoms with Gasteiger partial charge < -0.3 is 14.2 Å². The van der Waals surface area contributed by atoms with Gasteiger partial charge in [0.25, 0.3) is 0 Å². The summed E-state index contributed by atoms with van der Waals surface area (Å²) in [4.78, 5) is 26.0. The largest absolute Gasteiger partial charge is 0.497 e. The van der Waals surface area contributed by atoms with Crippen molar-refractivity contribution in [2.45, 2.75) is 38.4 Å². The molecule has 0 saturated carbocycles. The number of amides is 1. The van der Waals surface area contributed by atoms with Crippen LogP contribution in [0.5, 0.6) is 11.5 Å². The highest BCUT2D eigenvalue weighted by atomic mass is 16.6. The smallest absolute Gasteiger partial charge is 0.410 e. The molecule has 2 heterocycles. The third-order valence-corrected chi connectivity index (χ3v) is 3.91. The second kappa shape index (κ2) is 5.15. The molecule has 0 aromatic heterocycles. The van der Waals surface area contributed by atoms with Crippen LogP contribution in [0.15, 0.2) is 18.2 Å². The molecule has 1 spiro atoms. The topological polar surface area (TPSA) is 65.1 Å². The number of fused-ring (bicyclic) bond motifs is 1. The van der Waals surface area contributed by atoms with E-state index in [1.165, 1.54) is 0 Å². The zero-order valence-corrected chi connectivity index (χ0v) is 13.8. The number of ether oxygens (including phenoxy) is 3. The Morgan fingerprint density at radius 1 is 1.30 bits per heavy atom. The van der Waals surface area contributed by atoms with Crippen molar-refractivity contribution in [3.05, 3.63) is 23.8 Å². The molecule has 2 aliphatic rings. The van der Waals surface area contributed by atoms with Gasteiger partial charge in [0.2, 0.25) is 0 Å². The van der Waals surface area contributed by atoms with Gasteiger partial charge in [0.05, 0.1) is 32.2 Å². The number of ketones is 1. The van der Waals surface area contributed by atoms with Gasteiger partial charge in [-0.25, -0.2) is 4.79 Å². The van der Waals surface area contributed by atoms with Crippen LogP contribution in [0.4, 0.5) is 4.79 Å². The number of carbonyl (C=O) groups excluding carboxylic acids is 2. The lowest BCUT2D eigenvalue weighted by Crippen LogP contribution is -2.68. The molecule has 124 valence electrons. The van der Waals surface area contributed by atoms with Crippen molar-refractivity contribution in [3.63, 3.8) is 0 Å². The molecule has 0 radical (unpaired) electrons. The zero-order chi connectivity index (χ0) is 16.8. The number of carbonyl (C=O) groups is 2. The summed E-state index contributed by atoms with van der Waals surface area (Å²) in [6.45, 7) is 6.19. The fraction of sp³-hybridized carbons (Fsp3) is 0.529. The zero-order valence-electron chi connectivity index (χ0n) is 13.8. The lowest BCUT2D eigenvalue weighted by molar-refractivity contribution is -0.0846. The number of hydrogen-bond donors (Lipinski definition) is 0. The molecule has 2 aliphatic heterocycles. The monoisotopic (exact) mass is 319 g/mol. The fourth-order valence-corrected chi connectivity index (χ4v) is 2.88. The van der Waals surface area contributed by atoms with Gasteiger partial charge in [-0.15, -0.1) is 0 Å². The highest BCUT2D eigenvalue weighted by molar-refractivity contribution is 6.01. The average Bonchev–Trinajstić information content (AvgIpc) is 2.42. The highest BCUT2D eigenvalue weighted by Gasteiger charge is 2.52. The highest BCUT2D eigenvalue weighted by Crippen LogP contribution is 2.40. The minimum absolute atomic E-state index is 0.00832.